The van der Waals surface area contributed by atoms with Crippen molar-refractivity contribution in [3.05, 3.63) is 71.9 Å². The van der Waals surface area contributed by atoms with Crippen molar-refractivity contribution in [2.24, 2.45) is 5.73 Å². The summed E-state index contributed by atoms with van der Waals surface area (Å²) in [5.74, 6) is -0.587. The topological polar surface area (TPSA) is 100 Å². The van der Waals surface area contributed by atoms with Crippen molar-refractivity contribution < 1.29 is 9.59 Å². The molecule has 2 amide bonds. The molecule has 0 spiro atoms. The molecule has 1 heterocycles. The van der Waals surface area contributed by atoms with Crippen molar-refractivity contribution in [1.82, 2.24) is 15.6 Å². The molecular formula is C21H24N4O2. The molecular weight excluding hydrogens is 340 g/mol. The van der Waals surface area contributed by atoms with Gasteiger partial charge in [-0.25, -0.2) is 0 Å². The molecule has 0 unspecified atom stereocenters. The first kappa shape index (κ1) is 18.7. The van der Waals surface area contributed by atoms with Crippen molar-refractivity contribution in [3.63, 3.8) is 0 Å². The SMILES string of the molecule is CNC(=O)[C@H](Cc1ccccc1)NC(=O)[C@@H](N)Cc1c[nH]c2ccccc12. The molecule has 3 aromatic rings. The minimum atomic E-state index is -0.743. The molecule has 2 atom stereocenters. The van der Waals surface area contributed by atoms with Gasteiger partial charge >= 0.3 is 0 Å². The summed E-state index contributed by atoms with van der Waals surface area (Å²) in [6, 6.07) is 16.0. The maximum Gasteiger partial charge on any atom is 0.242 e. The zero-order valence-electron chi connectivity index (χ0n) is 15.2. The highest BCUT2D eigenvalue weighted by molar-refractivity contribution is 5.90. The highest BCUT2D eigenvalue weighted by Gasteiger charge is 2.24. The second kappa shape index (κ2) is 8.51. The van der Waals surface area contributed by atoms with Gasteiger partial charge in [-0.2, -0.15) is 0 Å². The fraction of sp³-hybridized carbons (Fsp3) is 0.238. The summed E-state index contributed by atoms with van der Waals surface area (Å²) >= 11 is 0. The number of likely N-dealkylation sites (N-methyl/N-ethyl adjacent to an activating group) is 1. The van der Waals surface area contributed by atoms with Gasteiger partial charge in [-0.15, -0.1) is 0 Å². The first-order valence-electron chi connectivity index (χ1n) is 8.95. The van der Waals surface area contributed by atoms with Crippen LogP contribution < -0.4 is 16.4 Å². The fourth-order valence-electron chi connectivity index (χ4n) is 3.14. The Morgan fingerprint density at radius 2 is 1.70 bits per heavy atom. The molecule has 6 nitrogen and oxygen atoms in total. The van der Waals surface area contributed by atoms with E-state index < -0.39 is 12.1 Å². The van der Waals surface area contributed by atoms with Crippen molar-refractivity contribution in [2.75, 3.05) is 7.05 Å². The van der Waals surface area contributed by atoms with E-state index in [1.165, 1.54) is 0 Å². The Hall–Kier alpha value is -3.12. The largest absolute Gasteiger partial charge is 0.361 e. The minimum Gasteiger partial charge on any atom is -0.361 e. The van der Waals surface area contributed by atoms with Crippen LogP contribution in [0, 0.1) is 0 Å². The third kappa shape index (κ3) is 4.54. The van der Waals surface area contributed by atoms with Gasteiger partial charge in [-0.05, 0) is 23.6 Å². The monoisotopic (exact) mass is 364 g/mol. The van der Waals surface area contributed by atoms with Crippen LogP contribution in [0.5, 0.6) is 0 Å². The number of carbonyl (C=O) groups is 2. The summed E-state index contributed by atoms with van der Waals surface area (Å²) in [5, 5.41) is 6.44. The first-order chi connectivity index (χ1) is 13.1. The molecule has 3 rings (SSSR count). The molecule has 140 valence electrons. The summed E-state index contributed by atoms with van der Waals surface area (Å²) in [5.41, 5.74) is 9.08. The molecule has 1 aromatic heterocycles. The van der Waals surface area contributed by atoms with Gasteiger partial charge in [-0.1, -0.05) is 48.5 Å². The normalized spacial score (nSPS) is 13.1. The average Bonchev–Trinajstić information content (AvgIpc) is 3.10. The van der Waals surface area contributed by atoms with Gasteiger partial charge in [0.15, 0.2) is 0 Å². The molecule has 0 saturated heterocycles. The lowest BCUT2D eigenvalue weighted by atomic mass is 10.0. The van der Waals surface area contributed by atoms with Crippen LogP contribution in [-0.2, 0) is 22.4 Å². The number of para-hydroxylation sites is 1. The van der Waals surface area contributed by atoms with Gasteiger partial charge < -0.3 is 21.4 Å². The van der Waals surface area contributed by atoms with Crippen LogP contribution >= 0.6 is 0 Å². The number of benzene rings is 2. The summed E-state index contributed by atoms with van der Waals surface area (Å²) < 4.78 is 0. The van der Waals surface area contributed by atoms with Gasteiger partial charge in [0, 0.05) is 30.6 Å². The minimum absolute atomic E-state index is 0.244. The third-order valence-electron chi connectivity index (χ3n) is 4.61. The zero-order chi connectivity index (χ0) is 19.2. The highest BCUT2D eigenvalue weighted by atomic mass is 16.2. The summed E-state index contributed by atoms with van der Waals surface area (Å²) in [7, 11) is 1.55. The van der Waals surface area contributed by atoms with Crippen LogP contribution in [0.2, 0.25) is 0 Å². The predicted octanol–water partition coefficient (Wildman–Crippen LogP) is 1.51. The number of hydrogen-bond acceptors (Lipinski definition) is 3. The number of H-pyrrole nitrogens is 1. The Kier molecular flexibility index (Phi) is 5.88. The van der Waals surface area contributed by atoms with E-state index in [0.717, 1.165) is 22.0 Å². The predicted molar refractivity (Wildman–Crippen MR) is 106 cm³/mol. The lowest BCUT2D eigenvalue weighted by Crippen LogP contribution is -2.52. The molecule has 6 heteroatoms. The van der Waals surface area contributed by atoms with E-state index in [9.17, 15) is 9.59 Å². The van der Waals surface area contributed by atoms with Crippen molar-refractivity contribution in [3.8, 4) is 0 Å². The van der Waals surface area contributed by atoms with E-state index in [-0.39, 0.29) is 11.8 Å². The number of fused-ring (bicyclic) bond motifs is 1. The van der Waals surface area contributed by atoms with Gasteiger partial charge in [-0.3, -0.25) is 9.59 Å². The summed E-state index contributed by atoms with van der Waals surface area (Å²) in [4.78, 5) is 28.0. The molecule has 0 radical (unpaired) electrons. The number of nitrogens with two attached hydrogens (primary N) is 1. The number of rotatable bonds is 7. The lowest BCUT2D eigenvalue weighted by Gasteiger charge is -2.20. The van der Waals surface area contributed by atoms with E-state index in [0.29, 0.717) is 12.8 Å². The molecule has 0 bridgehead atoms. The van der Waals surface area contributed by atoms with E-state index in [1.807, 2.05) is 60.8 Å². The number of amides is 2. The number of nitrogens with one attached hydrogen (secondary N) is 3. The molecule has 0 saturated carbocycles. The van der Waals surface area contributed by atoms with Crippen LogP contribution in [-0.4, -0.2) is 35.9 Å². The van der Waals surface area contributed by atoms with E-state index in [2.05, 4.69) is 15.6 Å². The van der Waals surface area contributed by atoms with Gasteiger partial charge in [0.2, 0.25) is 11.8 Å². The van der Waals surface area contributed by atoms with Gasteiger partial charge in [0.1, 0.15) is 6.04 Å². The van der Waals surface area contributed by atoms with E-state index >= 15 is 0 Å². The van der Waals surface area contributed by atoms with Crippen molar-refractivity contribution >= 4 is 22.7 Å². The maximum absolute atomic E-state index is 12.6. The van der Waals surface area contributed by atoms with Crippen LogP contribution in [0.25, 0.3) is 10.9 Å². The van der Waals surface area contributed by atoms with Crippen LogP contribution in [0.4, 0.5) is 0 Å². The number of carbonyl (C=O) groups excluding carboxylic acids is 2. The molecule has 2 aromatic carbocycles. The van der Waals surface area contributed by atoms with E-state index in [1.54, 1.807) is 7.05 Å². The molecule has 0 aliphatic rings. The Bertz CT molecular complexity index is 920. The lowest BCUT2D eigenvalue weighted by molar-refractivity contribution is -0.129. The molecule has 27 heavy (non-hydrogen) atoms. The second-order valence-corrected chi connectivity index (χ2v) is 6.54. The molecule has 0 aliphatic carbocycles. The van der Waals surface area contributed by atoms with E-state index in [4.69, 9.17) is 5.73 Å². The zero-order valence-corrected chi connectivity index (χ0v) is 15.2. The van der Waals surface area contributed by atoms with Crippen molar-refractivity contribution in [1.29, 1.82) is 0 Å². The Labute approximate surface area is 158 Å². The fourth-order valence-corrected chi connectivity index (χ4v) is 3.14. The van der Waals surface area contributed by atoms with Gasteiger partial charge in [0.05, 0.1) is 6.04 Å². The maximum atomic E-state index is 12.6. The Balaban J connectivity index is 1.68. The highest BCUT2D eigenvalue weighted by Crippen LogP contribution is 2.18. The average molecular weight is 364 g/mol. The van der Waals surface area contributed by atoms with Crippen molar-refractivity contribution in [2.45, 2.75) is 24.9 Å². The third-order valence-corrected chi connectivity index (χ3v) is 4.61. The molecule has 5 N–H and O–H groups in total. The standard InChI is InChI=1S/C21H24N4O2/c1-23-21(27)19(11-14-7-3-2-4-8-14)25-20(26)17(22)12-15-13-24-18-10-6-5-9-16(15)18/h2-10,13,17,19,24H,11-12,22H2,1H3,(H,23,27)(H,25,26)/t17-,19-/m0/s1. The quantitative estimate of drug-likeness (QED) is 0.511. The smallest absolute Gasteiger partial charge is 0.242 e. The van der Waals surface area contributed by atoms with Crippen LogP contribution in [0.3, 0.4) is 0 Å². The number of hydrogen-bond donors (Lipinski definition) is 4. The van der Waals surface area contributed by atoms with Crippen LogP contribution in [0.15, 0.2) is 60.8 Å². The van der Waals surface area contributed by atoms with Crippen LogP contribution in [0.1, 0.15) is 11.1 Å². The Morgan fingerprint density at radius 3 is 2.44 bits per heavy atom. The first-order valence-corrected chi connectivity index (χ1v) is 8.95. The number of aromatic amines is 1. The summed E-state index contributed by atoms with van der Waals surface area (Å²) in [6.07, 6.45) is 2.67. The number of aromatic nitrogens is 1. The summed E-state index contributed by atoms with van der Waals surface area (Å²) in [6.45, 7) is 0. The second-order valence-electron chi connectivity index (χ2n) is 6.54. The molecule has 0 fully saturated rings. The molecule has 0 aliphatic heterocycles. The van der Waals surface area contributed by atoms with Gasteiger partial charge in [0.25, 0.3) is 0 Å². The Morgan fingerprint density at radius 1 is 1.00 bits per heavy atom.